The zero-order valence-corrected chi connectivity index (χ0v) is 9.30. The van der Waals surface area contributed by atoms with Crippen LogP contribution in [-0.2, 0) is 10.3 Å². The first-order chi connectivity index (χ1) is 7.27. The summed E-state index contributed by atoms with van der Waals surface area (Å²) in [5, 5.41) is 0. The van der Waals surface area contributed by atoms with Gasteiger partial charge < -0.3 is 10.5 Å². The molecule has 1 aromatic carbocycles. The van der Waals surface area contributed by atoms with E-state index in [0.717, 1.165) is 19.2 Å². The lowest BCUT2D eigenvalue weighted by Crippen LogP contribution is -2.29. The van der Waals surface area contributed by atoms with Crippen molar-refractivity contribution in [2.45, 2.75) is 19.4 Å². The molecule has 0 saturated carbocycles. The van der Waals surface area contributed by atoms with Crippen molar-refractivity contribution < 1.29 is 18.3 Å². The third-order valence-corrected chi connectivity index (χ3v) is 2.18. The van der Waals surface area contributed by atoms with Crippen LogP contribution in [0.2, 0.25) is 0 Å². The number of rotatable bonds is 2. The molecule has 0 aliphatic carbocycles. The third kappa shape index (κ3) is 2.36. The second-order valence-corrected chi connectivity index (χ2v) is 4.03. The van der Waals surface area contributed by atoms with E-state index in [1.807, 2.05) is 0 Å². The van der Waals surface area contributed by atoms with Crippen LogP contribution in [0.25, 0.3) is 0 Å². The lowest BCUT2D eigenvalue weighted by molar-refractivity contribution is 0.0589. The first-order valence-electron chi connectivity index (χ1n) is 4.64. The molecule has 0 fully saturated rings. The third-order valence-electron chi connectivity index (χ3n) is 2.18. The Labute approximate surface area is 92.2 Å². The molecule has 0 saturated heterocycles. The molecule has 0 radical (unpaired) electrons. The molecular formula is C11H13F2NO2. The number of nitrogens with two attached hydrogens (primary N) is 1. The second kappa shape index (κ2) is 4.17. The predicted molar refractivity (Wildman–Crippen MR) is 54.9 cm³/mol. The Morgan fingerprint density at radius 3 is 2.06 bits per heavy atom. The number of hydrogen-bond donors (Lipinski definition) is 1. The Morgan fingerprint density at radius 1 is 1.31 bits per heavy atom. The van der Waals surface area contributed by atoms with Gasteiger partial charge in [0.05, 0.1) is 7.11 Å². The Bertz CT molecular complexity index is 401. The summed E-state index contributed by atoms with van der Waals surface area (Å²) in [7, 11) is 1.06. The smallest absolute Gasteiger partial charge is 0.343 e. The molecule has 0 bridgehead atoms. The van der Waals surface area contributed by atoms with Crippen molar-refractivity contribution in [3.05, 3.63) is 34.9 Å². The van der Waals surface area contributed by atoms with Crippen LogP contribution in [-0.4, -0.2) is 13.1 Å². The van der Waals surface area contributed by atoms with E-state index in [9.17, 15) is 13.6 Å². The fourth-order valence-electron chi connectivity index (χ4n) is 1.24. The molecule has 1 aromatic rings. The number of benzene rings is 1. The first-order valence-corrected chi connectivity index (χ1v) is 4.64. The molecule has 0 spiro atoms. The SMILES string of the molecule is COC(=O)c1c(F)cc(C(C)(C)N)cc1F. The molecule has 0 aliphatic rings. The molecule has 1 rings (SSSR count). The number of carbonyl (C=O) groups is 1. The van der Waals surface area contributed by atoms with Gasteiger partial charge in [0.1, 0.15) is 17.2 Å². The van der Waals surface area contributed by atoms with Gasteiger partial charge in [-0.3, -0.25) is 0 Å². The Hall–Kier alpha value is -1.49. The maximum atomic E-state index is 13.5. The summed E-state index contributed by atoms with van der Waals surface area (Å²) in [5.74, 6) is -2.99. The zero-order chi connectivity index (χ0) is 12.5. The van der Waals surface area contributed by atoms with Gasteiger partial charge >= 0.3 is 5.97 Å². The van der Waals surface area contributed by atoms with E-state index in [2.05, 4.69) is 4.74 Å². The summed E-state index contributed by atoms with van der Waals surface area (Å²) in [4.78, 5) is 11.1. The van der Waals surface area contributed by atoms with E-state index in [-0.39, 0.29) is 5.56 Å². The fourth-order valence-corrected chi connectivity index (χ4v) is 1.24. The van der Waals surface area contributed by atoms with Gasteiger partial charge in [-0.15, -0.1) is 0 Å². The van der Waals surface area contributed by atoms with E-state index in [1.165, 1.54) is 0 Å². The number of ether oxygens (including phenoxy) is 1. The molecule has 0 unspecified atom stereocenters. The number of methoxy groups -OCH3 is 1. The standard InChI is InChI=1S/C11H13F2NO2/c1-11(2,14)6-4-7(12)9(8(13)5-6)10(15)16-3/h4-5H,14H2,1-3H3. The molecule has 16 heavy (non-hydrogen) atoms. The molecule has 5 heteroatoms. The van der Waals surface area contributed by atoms with Gasteiger partial charge in [0, 0.05) is 5.54 Å². The molecule has 2 N–H and O–H groups in total. The molecule has 0 amide bonds. The summed E-state index contributed by atoms with van der Waals surface area (Å²) in [6.07, 6.45) is 0. The Kier molecular flexibility index (Phi) is 3.28. The highest BCUT2D eigenvalue weighted by atomic mass is 19.1. The summed E-state index contributed by atoms with van der Waals surface area (Å²) in [6.45, 7) is 3.22. The molecule has 0 atom stereocenters. The molecular weight excluding hydrogens is 216 g/mol. The van der Waals surface area contributed by atoms with Crippen LogP contribution in [0.4, 0.5) is 8.78 Å². The first kappa shape index (κ1) is 12.6. The van der Waals surface area contributed by atoms with Crippen LogP contribution in [0.3, 0.4) is 0 Å². The normalized spacial score (nSPS) is 11.4. The van der Waals surface area contributed by atoms with Gasteiger partial charge in [-0.05, 0) is 31.5 Å². The van der Waals surface area contributed by atoms with E-state index < -0.39 is 28.7 Å². The summed E-state index contributed by atoms with van der Waals surface area (Å²) in [5.41, 5.74) is 4.40. The molecule has 0 heterocycles. The summed E-state index contributed by atoms with van der Waals surface area (Å²) in [6, 6.07) is 2.07. The highest BCUT2D eigenvalue weighted by Gasteiger charge is 2.23. The van der Waals surface area contributed by atoms with Gasteiger partial charge in [-0.25, -0.2) is 13.6 Å². The minimum Gasteiger partial charge on any atom is -0.465 e. The van der Waals surface area contributed by atoms with E-state index in [4.69, 9.17) is 5.73 Å². The van der Waals surface area contributed by atoms with Gasteiger partial charge in [0.15, 0.2) is 0 Å². The van der Waals surface area contributed by atoms with Crippen molar-refractivity contribution in [3.8, 4) is 0 Å². The van der Waals surface area contributed by atoms with Gasteiger partial charge in [-0.2, -0.15) is 0 Å². The Balaban J connectivity index is 3.34. The van der Waals surface area contributed by atoms with Crippen LogP contribution in [0.5, 0.6) is 0 Å². The Morgan fingerprint density at radius 2 is 1.75 bits per heavy atom. The topological polar surface area (TPSA) is 52.3 Å². The quantitative estimate of drug-likeness (QED) is 0.788. The van der Waals surface area contributed by atoms with E-state index >= 15 is 0 Å². The second-order valence-electron chi connectivity index (χ2n) is 4.03. The highest BCUT2D eigenvalue weighted by Crippen LogP contribution is 2.23. The van der Waals surface area contributed by atoms with Gasteiger partial charge in [-0.1, -0.05) is 0 Å². The highest BCUT2D eigenvalue weighted by molar-refractivity contribution is 5.90. The van der Waals surface area contributed by atoms with Gasteiger partial charge in [0.2, 0.25) is 0 Å². The fraction of sp³-hybridized carbons (Fsp3) is 0.364. The van der Waals surface area contributed by atoms with Crippen molar-refractivity contribution in [1.82, 2.24) is 0 Å². The van der Waals surface area contributed by atoms with Crippen molar-refractivity contribution in [2.24, 2.45) is 5.73 Å². The predicted octanol–water partition coefficient (Wildman–Crippen LogP) is 1.95. The van der Waals surface area contributed by atoms with E-state index in [1.54, 1.807) is 13.8 Å². The number of esters is 1. The molecule has 0 aliphatic heterocycles. The van der Waals surface area contributed by atoms with Crippen LogP contribution in [0, 0.1) is 11.6 Å². The average Bonchev–Trinajstić information content (AvgIpc) is 2.14. The lowest BCUT2D eigenvalue weighted by Gasteiger charge is -2.19. The van der Waals surface area contributed by atoms with Crippen LogP contribution in [0.15, 0.2) is 12.1 Å². The van der Waals surface area contributed by atoms with Crippen molar-refractivity contribution in [2.75, 3.05) is 7.11 Å². The molecule has 3 nitrogen and oxygen atoms in total. The van der Waals surface area contributed by atoms with Crippen LogP contribution < -0.4 is 5.73 Å². The lowest BCUT2D eigenvalue weighted by atomic mass is 9.94. The number of hydrogen-bond acceptors (Lipinski definition) is 3. The molecule has 0 aromatic heterocycles. The van der Waals surface area contributed by atoms with Crippen molar-refractivity contribution in [1.29, 1.82) is 0 Å². The summed E-state index contributed by atoms with van der Waals surface area (Å²) < 4.78 is 31.2. The number of halogens is 2. The summed E-state index contributed by atoms with van der Waals surface area (Å²) >= 11 is 0. The van der Waals surface area contributed by atoms with Crippen molar-refractivity contribution in [3.63, 3.8) is 0 Å². The molecule has 88 valence electrons. The maximum Gasteiger partial charge on any atom is 0.343 e. The minimum absolute atomic E-state index is 0.273. The maximum absolute atomic E-state index is 13.5. The van der Waals surface area contributed by atoms with Crippen molar-refractivity contribution >= 4 is 5.97 Å². The number of carbonyl (C=O) groups excluding carboxylic acids is 1. The monoisotopic (exact) mass is 229 g/mol. The minimum atomic E-state index is -1.05. The largest absolute Gasteiger partial charge is 0.465 e. The van der Waals surface area contributed by atoms with Gasteiger partial charge in [0.25, 0.3) is 0 Å². The zero-order valence-electron chi connectivity index (χ0n) is 9.30. The van der Waals surface area contributed by atoms with Crippen LogP contribution >= 0.6 is 0 Å². The van der Waals surface area contributed by atoms with Crippen LogP contribution in [0.1, 0.15) is 29.8 Å². The van der Waals surface area contributed by atoms with E-state index in [0.29, 0.717) is 0 Å². The average molecular weight is 229 g/mol.